The number of urea groups is 1. The van der Waals surface area contributed by atoms with Gasteiger partial charge in [0.1, 0.15) is 10.8 Å². The fourth-order valence-corrected chi connectivity index (χ4v) is 4.77. The first kappa shape index (κ1) is 17.8. The van der Waals surface area contributed by atoms with Crippen LogP contribution >= 0.6 is 11.3 Å². The average molecular weight is 384 g/mol. The molecule has 0 aliphatic carbocycles. The van der Waals surface area contributed by atoms with Gasteiger partial charge in [0, 0.05) is 48.2 Å². The van der Waals surface area contributed by atoms with E-state index in [1.54, 1.807) is 23.5 Å². The summed E-state index contributed by atoms with van der Waals surface area (Å²) < 4.78 is 15.4. The van der Waals surface area contributed by atoms with E-state index in [1.807, 2.05) is 24.5 Å². The van der Waals surface area contributed by atoms with E-state index in [0.29, 0.717) is 12.2 Å². The minimum atomic E-state index is -0.376. The third kappa shape index (κ3) is 3.89. The summed E-state index contributed by atoms with van der Waals surface area (Å²) >= 11 is 1.78. The molecule has 3 heterocycles. The van der Waals surface area contributed by atoms with Crippen LogP contribution in [-0.2, 0) is 19.5 Å². The number of halogens is 1. The Morgan fingerprint density at radius 2 is 2.07 bits per heavy atom. The van der Waals surface area contributed by atoms with Crippen LogP contribution in [-0.4, -0.2) is 29.1 Å². The fraction of sp³-hybridized carbons (Fsp3) is 0.250. The molecule has 2 aromatic heterocycles. The van der Waals surface area contributed by atoms with Crippen LogP contribution in [0.1, 0.15) is 16.0 Å². The molecule has 3 aromatic rings. The maximum absolute atomic E-state index is 13.3. The highest BCUT2D eigenvalue weighted by atomic mass is 32.1. The predicted molar refractivity (Wildman–Crippen MR) is 106 cm³/mol. The number of rotatable bonds is 4. The number of fused-ring (bicyclic) bond motifs is 1. The number of nitrogens with zero attached hydrogens (tertiary/aromatic N) is 2. The van der Waals surface area contributed by atoms with Gasteiger partial charge in [-0.3, -0.25) is 0 Å². The molecule has 4 rings (SSSR count). The van der Waals surface area contributed by atoms with E-state index in [-0.39, 0.29) is 11.8 Å². The molecule has 5 nitrogen and oxygen atoms in total. The molecule has 0 radical (unpaired) electrons. The Kier molecular flexibility index (Phi) is 4.96. The van der Waals surface area contributed by atoms with E-state index < -0.39 is 0 Å². The molecule has 0 bridgehead atoms. The van der Waals surface area contributed by atoms with Crippen LogP contribution in [0, 0.1) is 5.82 Å². The van der Waals surface area contributed by atoms with E-state index >= 15 is 0 Å². The van der Waals surface area contributed by atoms with Crippen molar-refractivity contribution in [1.82, 2.24) is 14.8 Å². The molecule has 0 fully saturated rings. The van der Waals surface area contributed by atoms with Crippen molar-refractivity contribution in [2.75, 3.05) is 18.9 Å². The van der Waals surface area contributed by atoms with Crippen molar-refractivity contribution < 1.29 is 9.18 Å². The van der Waals surface area contributed by atoms with Gasteiger partial charge in [-0.05, 0) is 49.4 Å². The topological polar surface area (TPSA) is 49.3 Å². The minimum Gasteiger partial charge on any atom is -0.334 e. The second-order valence-electron chi connectivity index (χ2n) is 6.68. The van der Waals surface area contributed by atoms with Gasteiger partial charge in [0.05, 0.1) is 0 Å². The monoisotopic (exact) mass is 384 g/mol. The first-order valence-corrected chi connectivity index (χ1v) is 9.67. The molecule has 0 saturated carbocycles. The molecule has 27 heavy (non-hydrogen) atoms. The van der Waals surface area contributed by atoms with Crippen LogP contribution in [0.3, 0.4) is 0 Å². The van der Waals surface area contributed by atoms with Crippen molar-refractivity contribution in [1.29, 1.82) is 0 Å². The van der Waals surface area contributed by atoms with Crippen molar-refractivity contribution in [3.63, 3.8) is 0 Å². The van der Waals surface area contributed by atoms with Gasteiger partial charge in [0.15, 0.2) is 0 Å². The quantitative estimate of drug-likeness (QED) is 0.715. The highest BCUT2D eigenvalue weighted by Crippen LogP contribution is 2.35. The summed E-state index contributed by atoms with van der Waals surface area (Å²) in [5, 5.41) is 6.75. The fourth-order valence-electron chi connectivity index (χ4n) is 3.35. The lowest BCUT2D eigenvalue weighted by molar-refractivity contribution is 0.251. The molecule has 1 aliphatic heterocycles. The van der Waals surface area contributed by atoms with E-state index in [0.717, 1.165) is 30.1 Å². The second-order valence-corrected chi connectivity index (χ2v) is 7.77. The summed E-state index contributed by atoms with van der Waals surface area (Å²) in [5.41, 5.74) is 2.94. The van der Waals surface area contributed by atoms with Gasteiger partial charge in [-0.15, -0.1) is 11.3 Å². The van der Waals surface area contributed by atoms with E-state index in [4.69, 9.17) is 0 Å². The number of benzene rings is 1. The number of carbonyl (C=O) groups excluding carboxylic acids is 1. The lowest BCUT2D eigenvalue weighted by atomic mass is 10.0. The Labute approximate surface area is 161 Å². The number of amides is 2. The molecule has 0 atom stereocenters. The zero-order valence-electron chi connectivity index (χ0n) is 15.0. The average Bonchev–Trinajstić information content (AvgIpc) is 3.27. The van der Waals surface area contributed by atoms with E-state index in [2.05, 4.69) is 27.1 Å². The number of carbonyl (C=O) groups is 1. The first-order valence-electron chi connectivity index (χ1n) is 8.86. The summed E-state index contributed by atoms with van der Waals surface area (Å²) in [4.78, 5) is 15.9. The van der Waals surface area contributed by atoms with Crippen LogP contribution in [0.15, 0.2) is 48.8 Å². The van der Waals surface area contributed by atoms with Gasteiger partial charge in [-0.25, -0.2) is 9.18 Å². The number of likely N-dealkylation sites (N-methyl/N-ethyl adjacent to an activating group) is 1. The predicted octanol–water partition coefficient (Wildman–Crippen LogP) is 3.99. The number of hydrogen-bond acceptors (Lipinski definition) is 3. The van der Waals surface area contributed by atoms with Crippen LogP contribution in [0.4, 0.5) is 14.9 Å². The number of hydrogen-bond donors (Lipinski definition) is 2. The smallest absolute Gasteiger partial charge is 0.319 e. The summed E-state index contributed by atoms with van der Waals surface area (Å²) in [5.74, 6) is -0.376. The largest absolute Gasteiger partial charge is 0.334 e. The van der Waals surface area contributed by atoms with Crippen molar-refractivity contribution >= 4 is 23.1 Å². The second kappa shape index (κ2) is 7.54. The van der Waals surface area contributed by atoms with Crippen molar-refractivity contribution in [2.45, 2.75) is 19.5 Å². The molecule has 0 spiro atoms. The lowest BCUT2D eigenvalue weighted by Gasteiger charge is -2.22. The summed E-state index contributed by atoms with van der Waals surface area (Å²) in [6, 6.07) is 9.54. The third-order valence-electron chi connectivity index (χ3n) is 4.68. The van der Waals surface area contributed by atoms with Gasteiger partial charge < -0.3 is 20.1 Å². The standard InChI is InChI=1S/C20H21FN4OS/c1-24-10-7-16-17(19(27-18(16)13-24)25-8-2-3-9-25)12-22-20(26)23-15-6-4-5-14(21)11-15/h2-6,8-9,11H,7,10,12-13H2,1H3,(H2,22,23,26). The number of anilines is 1. The van der Waals surface area contributed by atoms with Crippen LogP contribution in [0.2, 0.25) is 0 Å². The molecular weight excluding hydrogens is 363 g/mol. The number of aromatic nitrogens is 1. The molecule has 140 valence electrons. The van der Waals surface area contributed by atoms with Gasteiger partial charge in [0.25, 0.3) is 0 Å². The molecule has 0 saturated heterocycles. The molecule has 1 aromatic carbocycles. The Morgan fingerprint density at radius 3 is 2.85 bits per heavy atom. The molecule has 0 unspecified atom stereocenters. The lowest BCUT2D eigenvalue weighted by Crippen LogP contribution is -2.30. The summed E-state index contributed by atoms with van der Waals surface area (Å²) in [6.45, 7) is 2.38. The maximum Gasteiger partial charge on any atom is 0.319 e. The van der Waals surface area contributed by atoms with Crippen LogP contribution in [0.5, 0.6) is 0 Å². The van der Waals surface area contributed by atoms with Gasteiger partial charge in [0.2, 0.25) is 0 Å². The summed E-state index contributed by atoms with van der Waals surface area (Å²) in [7, 11) is 2.13. The molecule has 1 aliphatic rings. The van der Waals surface area contributed by atoms with Crippen molar-refractivity contribution in [2.24, 2.45) is 0 Å². The molecule has 7 heteroatoms. The minimum absolute atomic E-state index is 0.341. The highest BCUT2D eigenvalue weighted by Gasteiger charge is 2.23. The van der Waals surface area contributed by atoms with Crippen molar-refractivity contribution in [3.05, 3.63) is 70.6 Å². The Morgan fingerprint density at radius 1 is 1.26 bits per heavy atom. The number of nitrogens with one attached hydrogen (secondary N) is 2. The van der Waals surface area contributed by atoms with Crippen molar-refractivity contribution in [3.8, 4) is 5.00 Å². The van der Waals surface area contributed by atoms with Gasteiger partial charge in [-0.1, -0.05) is 6.07 Å². The Bertz CT molecular complexity index is 951. The maximum atomic E-state index is 13.3. The zero-order valence-corrected chi connectivity index (χ0v) is 15.9. The Balaban J connectivity index is 1.53. The van der Waals surface area contributed by atoms with E-state index in [1.165, 1.54) is 22.6 Å². The van der Waals surface area contributed by atoms with Gasteiger partial charge in [-0.2, -0.15) is 0 Å². The normalized spacial score (nSPS) is 14.0. The zero-order chi connectivity index (χ0) is 18.8. The third-order valence-corrected chi connectivity index (χ3v) is 5.96. The first-order chi connectivity index (χ1) is 13.1. The number of thiophene rings is 1. The molecule has 2 N–H and O–H groups in total. The molecular formula is C20H21FN4OS. The molecule has 2 amide bonds. The van der Waals surface area contributed by atoms with E-state index in [9.17, 15) is 9.18 Å². The SMILES string of the molecule is CN1CCc2c(sc(-n3cccc3)c2CNC(=O)Nc2cccc(F)c2)C1. The van der Waals surface area contributed by atoms with Crippen LogP contribution in [0.25, 0.3) is 5.00 Å². The highest BCUT2D eigenvalue weighted by molar-refractivity contribution is 7.14. The van der Waals surface area contributed by atoms with Gasteiger partial charge >= 0.3 is 6.03 Å². The van der Waals surface area contributed by atoms with Crippen LogP contribution < -0.4 is 10.6 Å². The Hall–Kier alpha value is -2.64. The summed E-state index contributed by atoms with van der Waals surface area (Å²) in [6.07, 6.45) is 5.03.